The normalized spacial score (nSPS) is 10.6. The Morgan fingerprint density at radius 2 is 1.59 bits per heavy atom. The highest BCUT2D eigenvalue weighted by atomic mass is 16.5. The van der Waals surface area contributed by atoms with Crippen LogP contribution in [0.5, 0.6) is 11.5 Å². The average Bonchev–Trinajstić information content (AvgIpc) is 2.75. The number of hydrazone groups is 1. The molecule has 7 heteroatoms. The number of aryl methyl sites for hydroxylation is 1. The fraction of sp³-hybridized carbons (Fsp3) is 0.0909. The average molecular weight is 389 g/mol. The molecule has 0 saturated carbocycles. The molecule has 0 fully saturated rings. The number of amides is 1. The summed E-state index contributed by atoms with van der Waals surface area (Å²) in [5.41, 5.74) is 4.85. The van der Waals surface area contributed by atoms with Gasteiger partial charge in [-0.15, -0.1) is 0 Å². The Kier molecular flexibility index (Phi) is 6.32. The first kappa shape index (κ1) is 19.8. The van der Waals surface area contributed by atoms with E-state index in [0.29, 0.717) is 22.6 Å². The van der Waals surface area contributed by atoms with Crippen LogP contribution in [-0.4, -0.2) is 30.2 Å². The Labute approximate surface area is 168 Å². The van der Waals surface area contributed by atoms with E-state index >= 15 is 0 Å². The molecule has 1 aromatic heterocycles. The van der Waals surface area contributed by atoms with Crippen molar-refractivity contribution >= 4 is 18.1 Å². The molecule has 1 heterocycles. The van der Waals surface area contributed by atoms with Gasteiger partial charge in [0.25, 0.3) is 5.91 Å². The Hall–Kier alpha value is -4.00. The molecular formula is C22H19N3O4. The number of carbonyl (C=O) groups is 2. The molecule has 7 nitrogen and oxygen atoms in total. The molecule has 0 saturated heterocycles. The van der Waals surface area contributed by atoms with Crippen molar-refractivity contribution in [1.82, 2.24) is 10.4 Å². The smallest absolute Gasteiger partial charge is 0.343 e. The van der Waals surface area contributed by atoms with Crippen molar-refractivity contribution in [3.63, 3.8) is 0 Å². The number of hydrogen-bond acceptors (Lipinski definition) is 6. The zero-order chi connectivity index (χ0) is 20.6. The molecule has 0 spiro atoms. The minimum atomic E-state index is -0.465. The van der Waals surface area contributed by atoms with Gasteiger partial charge in [0.1, 0.15) is 11.5 Å². The van der Waals surface area contributed by atoms with Crippen LogP contribution >= 0.6 is 0 Å². The molecular weight excluding hydrogens is 370 g/mol. The quantitative estimate of drug-likeness (QED) is 0.302. The number of ether oxygens (including phenoxy) is 2. The third-order valence-corrected chi connectivity index (χ3v) is 3.97. The maximum Gasteiger partial charge on any atom is 0.343 e. The van der Waals surface area contributed by atoms with Crippen molar-refractivity contribution in [3.8, 4) is 11.5 Å². The van der Waals surface area contributed by atoms with Gasteiger partial charge < -0.3 is 9.47 Å². The SMILES string of the molecule is COc1ccc(C(=O)Oc2ccc(C=NNC(=O)c3ccc(C)nc3)cc2)cc1. The van der Waals surface area contributed by atoms with Crippen LogP contribution in [0.4, 0.5) is 0 Å². The zero-order valence-electron chi connectivity index (χ0n) is 16.0. The van der Waals surface area contributed by atoms with Crippen molar-refractivity contribution in [1.29, 1.82) is 0 Å². The highest BCUT2D eigenvalue weighted by Crippen LogP contribution is 2.16. The Morgan fingerprint density at radius 3 is 2.21 bits per heavy atom. The molecule has 0 bridgehead atoms. The van der Waals surface area contributed by atoms with Crippen LogP contribution in [0.2, 0.25) is 0 Å². The van der Waals surface area contributed by atoms with E-state index in [1.807, 2.05) is 6.92 Å². The lowest BCUT2D eigenvalue weighted by molar-refractivity contribution is 0.0734. The number of methoxy groups -OCH3 is 1. The number of esters is 1. The van der Waals surface area contributed by atoms with Gasteiger partial charge in [0.05, 0.1) is 24.5 Å². The van der Waals surface area contributed by atoms with Crippen LogP contribution < -0.4 is 14.9 Å². The summed E-state index contributed by atoms with van der Waals surface area (Å²) in [7, 11) is 1.56. The summed E-state index contributed by atoms with van der Waals surface area (Å²) in [6.45, 7) is 1.85. The molecule has 29 heavy (non-hydrogen) atoms. The molecule has 3 aromatic rings. The summed E-state index contributed by atoms with van der Waals surface area (Å²) in [5.74, 6) is 0.250. The van der Waals surface area contributed by atoms with Crippen LogP contribution in [0.25, 0.3) is 0 Å². The zero-order valence-corrected chi connectivity index (χ0v) is 16.0. The van der Waals surface area contributed by atoms with Crippen molar-refractivity contribution < 1.29 is 19.1 Å². The third-order valence-electron chi connectivity index (χ3n) is 3.97. The minimum absolute atomic E-state index is 0.348. The number of nitrogens with one attached hydrogen (secondary N) is 1. The first-order chi connectivity index (χ1) is 14.0. The van der Waals surface area contributed by atoms with Gasteiger partial charge in [0.15, 0.2) is 0 Å². The molecule has 2 aromatic carbocycles. The van der Waals surface area contributed by atoms with Gasteiger partial charge in [0, 0.05) is 11.9 Å². The topological polar surface area (TPSA) is 89.9 Å². The lowest BCUT2D eigenvalue weighted by Gasteiger charge is -2.05. The maximum absolute atomic E-state index is 12.2. The number of nitrogens with zero attached hydrogens (tertiary/aromatic N) is 2. The van der Waals surface area contributed by atoms with Crippen LogP contribution in [0.3, 0.4) is 0 Å². The number of rotatable bonds is 6. The van der Waals surface area contributed by atoms with E-state index in [1.165, 1.54) is 12.4 Å². The molecule has 0 unspecified atom stereocenters. The molecule has 146 valence electrons. The number of pyridine rings is 1. The molecule has 0 radical (unpaired) electrons. The number of hydrogen-bond donors (Lipinski definition) is 1. The Bertz CT molecular complexity index is 1010. The Balaban J connectivity index is 1.55. The standard InChI is InChI=1S/C22H19N3O4/c1-15-3-6-18(14-23-15)21(26)25-24-13-16-4-9-20(10-5-16)29-22(27)17-7-11-19(28-2)12-8-17/h3-14H,1-2H3,(H,25,26). The van der Waals surface area contributed by atoms with Gasteiger partial charge in [-0.2, -0.15) is 5.10 Å². The first-order valence-electron chi connectivity index (χ1n) is 8.77. The molecule has 1 amide bonds. The number of benzene rings is 2. The maximum atomic E-state index is 12.2. The van der Waals surface area contributed by atoms with Crippen LogP contribution in [0.1, 0.15) is 32.0 Å². The van der Waals surface area contributed by atoms with Crippen molar-refractivity contribution in [2.24, 2.45) is 5.10 Å². The highest BCUT2D eigenvalue weighted by molar-refractivity contribution is 5.94. The van der Waals surface area contributed by atoms with Gasteiger partial charge in [-0.05, 0) is 73.2 Å². The molecule has 0 aliphatic heterocycles. The summed E-state index contributed by atoms with van der Waals surface area (Å²) >= 11 is 0. The van der Waals surface area contributed by atoms with E-state index in [2.05, 4.69) is 15.5 Å². The third kappa shape index (κ3) is 5.49. The summed E-state index contributed by atoms with van der Waals surface area (Å²) < 4.78 is 10.4. The van der Waals surface area contributed by atoms with Gasteiger partial charge in [-0.1, -0.05) is 0 Å². The van der Waals surface area contributed by atoms with Crippen molar-refractivity contribution in [2.75, 3.05) is 7.11 Å². The lowest BCUT2D eigenvalue weighted by atomic mass is 10.2. The lowest BCUT2D eigenvalue weighted by Crippen LogP contribution is -2.17. The van der Waals surface area contributed by atoms with Crippen molar-refractivity contribution in [2.45, 2.75) is 6.92 Å². The van der Waals surface area contributed by atoms with Crippen molar-refractivity contribution in [3.05, 3.63) is 89.2 Å². The molecule has 0 aliphatic rings. The number of aromatic nitrogens is 1. The van der Waals surface area contributed by atoms with E-state index in [-0.39, 0.29) is 5.91 Å². The van der Waals surface area contributed by atoms with Crippen LogP contribution in [0.15, 0.2) is 72.0 Å². The van der Waals surface area contributed by atoms with E-state index in [9.17, 15) is 9.59 Å². The number of carbonyl (C=O) groups excluding carboxylic acids is 2. The largest absolute Gasteiger partial charge is 0.497 e. The monoisotopic (exact) mass is 389 g/mol. The van der Waals surface area contributed by atoms with Crippen LogP contribution in [-0.2, 0) is 0 Å². The summed E-state index contributed by atoms with van der Waals surface area (Å²) in [4.78, 5) is 28.2. The van der Waals surface area contributed by atoms with Gasteiger partial charge in [-0.25, -0.2) is 10.2 Å². The van der Waals surface area contributed by atoms with E-state index in [0.717, 1.165) is 11.3 Å². The van der Waals surface area contributed by atoms with E-state index in [4.69, 9.17) is 9.47 Å². The summed E-state index contributed by atoms with van der Waals surface area (Å²) in [5, 5.41) is 3.92. The molecule has 0 atom stereocenters. The fourth-order valence-corrected chi connectivity index (χ4v) is 2.35. The second-order valence-corrected chi connectivity index (χ2v) is 6.07. The van der Waals surface area contributed by atoms with E-state index < -0.39 is 5.97 Å². The molecule has 1 N–H and O–H groups in total. The van der Waals surface area contributed by atoms with E-state index in [1.54, 1.807) is 67.8 Å². The second-order valence-electron chi connectivity index (χ2n) is 6.07. The predicted molar refractivity (Wildman–Crippen MR) is 108 cm³/mol. The second kappa shape index (κ2) is 9.27. The first-order valence-corrected chi connectivity index (χ1v) is 8.77. The molecule has 3 rings (SSSR count). The summed E-state index contributed by atoms with van der Waals surface area (Å²) in [6, 6.07) is 16.8. The summed E-state index contributed by atoms with van der Waals surface area (Å²) in [6.07, 6.45) is 2.99. The Morgan fingerprint density at radius 1 is 0.931 bits per heavy atom. The van der Waals surface area contributed by atoms with Gasteiger partial charge in [0.2, 0.25) is 0 Å². The van der Waals surface area contributed by atoms with Gasteiger partial charge >= 0.3 is 5.97 Å². The predicted octanol–water partition coefficient (Wildman–Crippen LogP) is 3.38. The minimum Gasteiger partial charge on any atom is -0.497 e. The van der Waals surface area contributed by atoms with Gasteiger partial charge in [-0.3, -0.25) is 9.78 Å². The molecule has 0 aliphatic carbocycles. The fourth-order valence-electron chi connectivity index (χ4n) is 2.35. The highest BCUT2D eigenvalue weighted by Gasteiger charge is 2.08. The van der Waals surface area contributed by atoms with Crippen LogP contribution in [0, 0.1) is 6.92 Å².